The fourth-order valence-corrected chi connectivity index (χ4v) is 2.05. The number of halogens is 1. The zero-order valence-electron chi connectivity index (χ0n) is 10.9. The first-order valence-electron chi connectivity index (χ1n) is 6.15. The molecule has 0 aliphatic heterocycles. The van der Waals surface area contributed by atoms with Crippen molar-refractivity contribution >= 4 is 12.4 Å². The van der Waals surface area contributed by atoms with E-state index >= 15 is 0 Å². The van der Waals surface area contributed by atoms with Crippen molar-refractivity contribution in [2.45, 2.75) is 59.3 Å². The Morgan fingerprint density at radius 3 is 2.50 bits per heavy atom. The lowest BCUT2D eigenvalue weighted by atomic mass is 9.90. The topological polar surface area (TPSA) is 28.7 Å². The van der Waals surface area contributed by atoms with Crippen LogP contribution in [0.4, 0.5) is 0 Å². The average molecular weight is 245 g/mol. The highest BCUT2D eigenvalue weighted by Crippen LogP contribution is 2.27. The fourth-order valence-electron chi connectivity index (χ4n) is 2.05. The Labute approximate surface area is 106 Å². The van der Waals surface area contributed by atoms with Crippen molar-refractivity contribution in [2.75, 3.05) is 0 Å². The number of rotatable bonds is 6. The first-order chi connectivity index (χ1) is 7.13. The van der Waals surface area contributed by atoms with Gasteiger partial charge in [-0.15, -0.1) is 12.4 Å². The van der Waals surface area contributed by atoms with E-state index in [0.717, 1.165) is 11.7 Å². The molecule has 0 aromatic carbocycles. The maximum Gasteiger partial charge on any atom is 0.103 e. The molecule has 0 bridgehead atoms. The molecule has 0 saturated heterocycles. The third-order valence-corrected chi connectivity index (χ3v) is 2.81. The number of H-pyrrole nitrogens is 1. The molecule has 0 fully saturated rings. The van der Waals surface area contributed by atoms with Crippen LogP contribution in [0.1, 0.15) is 63.9 Å². The SMILES string of the molecule is CCCCC(CC(C)C)c1c[nH]c(C)n1.Cl. The quantitative estimate of drug-likeness (QED) is 0.787. The first kappa shape index (κ1) is 15.5. The van der Waals surface area contributed by atoms with Crippen LogP contribution in [-0.4, -0.2) is 9.97 Å². The van der Waals surface area contributed by atoms with Gasteiger partial charge in [-0.1, -0.05) is 33.6 Å². The number of aromatic amines is 1. The number of hydrogen-bond acceptors (Lipinski definition) is 1. The van der Waals surface area contributed by atoms with Crippen LogP contribution in [0.25, 0.3) is 0 Å². The van der Waals surface area contributed by atoms with Gasteiger partial charge in [-0.05, 0) is 25.7 Å². The van der Waals surface area contributed by atoms with Gasteiger partial charge in [-0.3, -0.25) is 0 Å². The minimum atomic E-state index is 0. The number of aryl methyl sites for hydroxylation is 1. The summed E-state index contributed by atoms with van der Waals surface area (Å²) in [5, 5.41) is 0. The lowest BCUT2D eigenvalue weighted by Gasteiger charge is -2.16. The largest absolute Gasteiger partial charge is 0.349 e. The Balaban J connectivity index is 0.00000225. The number of nitrogens with one attached hydrogen (secondary N) is 1. The molecule has 0 radical (unpaired) electrons. The first-order valence-corrected chi connectivity index (χ1v) is 6.15. The molecular formula is C13H25ClN2. The average Bonchev–Trinajstić information content (AvgIpc) is 2.58. The van der Waals surface area contributed by atoms with E-state index in [1.807, 2.05) is 6.92 Å². The van der Waals surface area contributed by atoms with Crippen LogP contribution in [0.15, 0.2) is 6.20 Å². The Bertz CT molecular complexity index is 281. The summed E-state index contributed by atoms with van der Waals surface area (Å²) < 4.78 is 0. The molecule has 1 unspecified atom stereocenters. The van der Waals surface area contributed by atoms with Crippen LogP contribution >= 0.6 is 12.4 Å². The number of nitrogens with zero attached hydrogens (tertiary/aromatic N) is 1. The minimum Gasteiger partial charge on any atom is -0.349 e. The summed E-state index contributed by atoms with van der Waals surface area (Å²) in [4.78, 5) is 7.75. The van der Waals surface area contributed by atoms with E-state index in [-0.39, 0.29) is 12.4 Å². The molecule has 16 heavy (non-hydrogen) atoms. The summed E-state index contributed by atoms with van der Waals surface area (Å²) in [6, 6.07) is 0. The minimum absolute atomic E-state index is 0. The lowest BCUT2D eigenvalue weighted by molar-refractivity contribution is 0.457. The highest BCUT2D eigenvalue weighted by molar-refractivity contribution is 5.85. The van der Waals surface area contributed by atoms with E-state index < -0.39 is 0 Å². The number of unbranched alkanes of at least 4 members (excludes halogenated alkanes) is 1. The maximum atomic E-state index is 4.56. The number of imidazole rings is 1. The van der Waals surface area contributed by atoms with Gasteiger partial charge in [0.1, 0.15) is 5.82 Å². The fraction of sp³-hybridized carbons (Fsp3) is 0.769. The monoisotopic (exact) mass is 244 g/mol. The van der Waals surface area contributed by atoms with Crippen LogP contribution in [0.3, 0.4) is 0 Å². The predicted octanol–water partition coefficient (Wildman–Crippen LogP) is 4.46. The summed E-state index contributed by atoms with van der Waals surface area (Å²) in [5.74, 6) is 2.44. The van der Waals surface area contributed by atoms with Gasteiger partial charge in [-0.2, -0.15) is 0 Å². The van der Waals surface area contributed by atoms with Crippen molar-refractivity contribution in [1.29, 1.82) is 0 Å². The summed E-state index contributed by atoms with van der Waals surface area (Å²) in [5.41, 5.74) is 1.26. The van der Waals surface area contributed by atoms with Gasteiger partial charge < -0.3 is 4.98 Å². The molecule has 0 spiro atoms. The van der Waals surface area contributed by atoms with Crippen LogP contribution in [0.2, 0.25) is 0 Å². The molecule has 0 saturated carbocycles. The Morgan fingerprint density at radius 2 is 2.06 bits per heavy atom. The van der Waals surface area contributed by atoms with Crippen LogP contribution in [-0.2, 0) is 0 Å². The van der Waals surface area contributed by atoms with E-state index in [2.05, 4.69) is 36.9 Å². The standard InChI is InChI=1S/C13H24N2.ClH/c1-5-6-7-12(8-10(2)3)13-9-14-11(4)15-13;/h9-10,12H,5-8H2,1-4H3,(H,14,15);1H. The Hall–Kier alpha value is -0.500. The Morgan fingerprint density at radius 1 is 1.38 bits per heavy atom. The molecule has 1 N–H and O–H groups in total. The van der Waals surface area contributed by atoms with Gasteiger partial charge >= 0.3 is 0 Å². The van der Waals surface area contributed by atoms with Crippen LogP contribution in [0, 0.1) is 12.8 Å². The smallest absolute Gasteiger partial charge is 0.103 e. The molecule has 3 heteroatoms. The van der Waals surface area contributed by atoms with E-state index in [1.54, 1.807) is 0 Å². The summed E-state index contributed by atoms with van der Waals surface area (Å²) in [6.45, 7) is 8.86. The summed E-state index contributed by atoms with van der Waals surface area (Å²) in [7, 11) is 0. The van der Waals surface area contributed by atoms with Crippen LogP contribution in [0.5, 0.6) is 0 Å². The van der Waals surface area contributed by atoms with Gasteiger partial charge in [0.2, 0.25) is 0 Å². The predicted molar refractivity (Wildman–Crippen MR) is 72.3 cm³/mol. The zero-order chi connectivity index (χ0) is 11.3. The third-order valence-electron chi connectivity index (χ3n) is 2.81. The third kappa shape index (κ3) is 5.02. The Kier molecular flexibility index (Phi) is 7.48. The zero-order valence-corrected chi connectivity index (χ0v) is 11.7. The van der Waals surface area contributed by atoms with Gasteiger partial charge in [0.05, 0.1) is 5.69 Å². The molecule has 2 nitrogen and oxygen atoms in total. The molecule has 1 rings (SSSR count). The molecule has 1 heterocycles. The van der Waals surface area contributed by atoms with Crippen molar-refractivity contribution in [3.63, 3.8) is 0 Å². The molecule has 1 atom stereocenters. The van der Waals surface area contributed by atoms with E-state index in [9.17, 15) is 0 Å². The van der Waals surface area contributed by atoms with Crippen molar-refractivity contribution in [1.82, 2.24) is 9.97 Å². The summed E-state index contributed by atoms with van der Waals surface area (Å²) >= 11 is 0. The molecule has 0 aliphatic carbocycles. The molecule has 1 aromatic heterocycles. The van der Waals surface area contributed by atoms with Gasteiger partial charge in [-0.25, -0.2) is 4.98 Å². The molecule has 94 valence electrons. The van der Waals surface area contributed by atoms with Gasteiger partial charge in [0.15, 0.2) is 0 Å². The van der Waals surface area contributed by atoms with Crippen molar-refractivity contribution in [2.24, 2.45) is 5.92 Å². The van der Waals surface area contributed by atoms with Crippen molar-refractivity contribution in [3.05, 3.63) is 17.7 Å². The van der Waals surface area contributed by atoms with Crippen molar-refractivity contribution in [3.8, 4) is 0 Å². The molecular weight excluding hydrogens is 220 g/mol. The number of aromatic nitrogens is 2. The normalized spacial score (nSPS) is 12.6. The van der Waals surface area contributed by atoms with Gasteiger partial charge in [0, 0.05) is 12.1 Å². The maximum absolute atomic E-state index is 4.56. The number of hydrogen-bond donors (Lipinski definition) is 1. The van der Waals surface area contributed by atoms with Crippen molar-refractivity contribution < 1.29 is 0 Å². The second kappa shape index (κ2) is 7.72. The molecule has 1 aromatic rings. The van der Waals surface area contributed by atoms with E-state index in [4.69, 9.17) is 0 Å². The molecule has 0 amide bonds. The molecule has 0 aliphatic rings. The van der Waals surface area contributed by atoms with Gasteiger partial charge in [0.25, 0.3) is 0 Å². The second-order valence-electron chi connectivity index (χ2n) is 4.88. The summed E-state index contributed by atoms with van der Waals surface area (Å²) in [6.07, 6.45) is 7.20. The second-order valence-corrected chi connectivity index (χ2v) is 4.88. The highest BCUT2D eigenvalue weighted by Gasteiger charge is 2.15. The lowest BCUT2D eigenvalue weighted by Crippen LogP contribution is -2.04. The van der Waals surface area contributed by atoms with E-state index in [1.165, 1.54) is 31.4 Å². The van der Waals surface area contributed by atoms with Crippen LogP contribution < -0.4 is 0 Å². The van der Waals surface area contributed by atoms with E-state index in [0.29, 0.717) is 5.92 Å². The highest BCUT2D eigenvalue weighted by atomic mass is 35.5.